The summed E-state index contributed by atoms with van der Waals surface area (Å²) >= 11 is 1.63. The van der Waals surface area contributed by atoms with Crippen LogP contribution in [0.15, 0.2) is 60.2 Å². The molecule has 1 aromatic carbocycles. The molecule has 2 aromatic heterocycles. The summed E-state index contributed by atoms with van der Waals surface area (Å²) in [6, 6.07) is 14.6. The zero-order chi connectivity index (χ0) is 13.8. The lowest BCUT2D eigenvalue weighted by atomic mass is 10.1. The first-order valence-electron chi connectivity index (χ1n) is 6.50. The van der Waals surface area contributed by atoms with Gasteiger partial charge >= 0.3 is 0 Å². The maximum atomic E-state index is 4.38. The van der Waals surface area contributed by atoms with E-state index in [0.29, 0.717) is 0 Å². The molecule has 0 fully saturated rings. The normalized spacial score (nSPS) is 12.1. The molecule has 3 rings (SSSR count). The smallest absolute Gasteiger partial charge is 0.127 e. The molecule has 0 saturated carbocycles. The van der Waals surface area contributed by atoms with Crippen molar-refractivity contribution in [3.8, 4) is 10.6 Å². The topological polar surface area (TPSA) is 37.8 Å². The van der Waals surface area contributed by atoms with Gasteiger partial charge in [-0.15, -0.1) is 11.3 Å². The Balaban J connectivity index is 1.80. The van der Waals surface area contributed by atoms with Crippen LogP contribution in [0, 0.1) is 0 Å². The van der Waals surface area contributed by atoms with Crippen molar-refractivity contribution in [3.63, 3.8) is 0 Å². The number of aromatic nitrogens is 2. The Bertz CT molecular complexity index is 665. The third-order valence-corrected chi connectivity index (χ3v) is 3.93. The number of nitrogens with zero attached hydrogens (tertiary/aromatic N) is 2. The van der Waals surface area contributed by atoms with Crippen molar-refractivity contribution in [3.05, 3.63) is 65.8 Å². The Morgan fingerprint density at radius 1 is 1.05 bits per heavy atom. The molecule has 20 heavy (non-hydrogen) atoms. The van der Waals surface area contributed by atoms with Gasteiger partial charge in [0.2, 0.25) is 0 Å². The summed E-state index contributed by atoms with van der Waals surface area (Å²) in [6.07, 6.45) is 3.64. The molecule has 1 N–H and O–H groups in total. The highest BCUT2D eigenvalue weighted by molar-refractivity contribution is 7.13. The minimum atomic E-state index is 0.218. The van der Waals surface area contributed by atoms with Crippen LogP contribution < -0.4 is 5.32 Å². The van der Waals surface area contributed by atoms with Crippen molar-refractivity contribution in [2.45, 2.75) is 13.0 Å². The van der Waals surface area contributed by atoms with Crippen LogP contribution in [-0.2, 0) is 0 Å². The summed E-state index contributed by atoms with van der Waals surface area (Å²) in [5.74, 6) is 0.869. The molecule has 0 saturated heterocycles. The highest BCUT2D eigenvalue weighted by atomic mass is 32.1. The zero-order valence-electron chi connectivity index (χ0n) is 11.2. The number of hydrogen-bond acceptors (Lipinski definition) is 4. The van der Waals surface area contributed by atoms with E-state index in [4.69, 9.17) is 0 Å². The maximum absolute atomic E-state index is 4.38. The van der Waals surface area contributed by atoms with Gasteiger partial charge in [-0.05, 0) is 24.6 Å². The molecule has 3 nitrogen and oxygen atoms in total. The van der Waals surface area contributed by atoms with Crippen LogP contribution in [0.2, 0.25) is 0 Å². The number of rotatable bonds is 4. The summed E-state index contributed by atoms with van der Waals surface area (Å²) in [5.41, 5.74) is 2.34. The van der Waals surface area contributed by atoms with Crippen molar-refractivity contribution in [2.75, 3.05) is 5.32 Å². The van der Waals surface area contributed by atoms with Gasteiger partial charge in [0.25, 0.3) is 0 Å². The number of nitrogens with one attached hydrogen (secondary N) is 1. The van der Waals surface area contributed by atoms with Crippen molar-refractivity contribution in [2.24, 2.45) is 0 Å². The second-order valence-electron chi connectivity index (χ2n) is 4.54. The summed E-state index contributed by atoms with van der Waals surface area (Å²) in [7, 11) is 0. The predicted octanol–water partition coefficient (Wildman–Crippen LogP) is 4.38. The molecule has 100 valence electrons. The Labute approximate surface area is 122 Å². The number of pyridine rings is 1. The van der Waals surface area contributed by atoms with Gasteiger partial charge in [-0.3, -0.25) is 0 Å². The van der Waals surface area contributed by atoms with E-state index in [2.05, 4.69) is 34.3 Å². The van der Waals surface area contributed by atoms with Crippen LogP contribution in [0.1, 0.15) is 18.5 Å². The van der Waals surface area contributed by atoms with Gasteiger partial charge in [-0.25, -0.2) is 9.97 Å². The SMILES string of the molecule is CC(Nc1cc(-c2nccs2)ccn1)c1ccccc1. The van der Waals surface area contributed by atoms with Crippen LogP contribution in [0.5, 0.6) is 0 Å². The standard InChI is InChI=1S/C16H15N3S/c1-12(13-5-3-2-4-6-13)19-15-11-14(7-8-17-15)16-18-9-10-20-16/h2-12H,1H3,(H,17,19). The minimum Gasteiger partial charge on any atom is -0.364 e. The fourth-order valence-electron chi connectivity index (χ4n) is 2.06. The van der Waals surface area contributed by atoms with E-state index in [0.717, 1.165) is 16.4 Å². The average molecular weight is 281 g/mol. The number of anilines is 1. The van der Waals surface area contributed by atoms with Gasteiger partial charge in [-0.1, -0.05) is 30.3 Å². The molecular weight excluding hydrogens is 266 g/mol. The van der Waals surface area contributed by atoms with E-state index >= 15 is 0 Å². The van der Waals surface area contributed by atoms with E-state index in [1.807, 2.05) is 48.1 Å². The number of benzene rings is 1. The lowest BCUT2D eigenvalue weighted by Crippen LogP contribution is -2.07. The van der Waals surface area contributed by atoms with Crippen molar-refractivity contribution >= 4 is 17.2 Å². The molecule has 4 heteroatoms. The van der Waals surface area contributed by atoms with E-state index in [9.17, 15) is 0 Å². The largest absolute Gasteiger partial charge is 0.364 e. The van der Waals surface area contributed by atoms with Gasteiger partial charge in [0.05, 0.1) is 0 Å². The molecule has 0 amide bonds. The van der Waals surface area contributed by atoms with Crippen molar-refractivity contribution in [1.82, 2.24) is 9.97 Å². The third kappa shape index (κ3) is 2.86. The lowest BCUT2D eigenvalue weighted by Gasteiger charge is -2.15. The monoisotopic (exact) mass is 281 g/mol. The fourth-order valence-corrected chi connectivity index (χ4v) is 2.69. The third-order valence-electron chi connectivity index (χ3n) is 3.10. The van der Waals surface area contributed by atoms with Gasteiger partial charge < -0.3 is 5.32 Å². The van der Waals surface area contributed by atoms with E-state index < -0.39 is 0 Å². The Hall–Kier alpha value is -2.20. The van der Waals surface area contributed by atoms with E-state index in [1.54, 1.807) is 11.3 Å². The first-order chi connectivity index (χ1) is 9.83. The predicted molar refractivity (Wildman–Crippen MR) is 83.8 cm³/mol. The summed E-state index contributed by atoms with van der Waals surface area (Å²) in [5, 5.41) is 6.42. The molecule has 1 atom stereocenters. The Morgan fingerprint density at radius 3 is 2.65 bits per heavy atom. The molecule has 0 aliphatic carbocycles. The number of hydrogen-bond donors (Lipinski definition) is 1. The van der Waals surface area contributed by atoms with Crippen LogP contribution in [0.3, 0.4) is 0 Å². The highest BCUT2D eigenvalue weighted by Crippen LogP contribution is 2.25. The molecule has 1 unspecified atom stereocenters. The quantitative estimate of drug-likeness (QED) is 0.771. The van der Waals surface area contributed by atoms with Gasteiger partial charge in [0.15, 0.2) is 0 Å². The minimum absolute atomic E-state index is 0.218. The summed E-state index contributed by atoms with van der Waals surface area (Å²) < 4.78 is 0. The van der Waals surface area contributed by atoms with E-state index in [-0.39, 0.29) is 6.04 Å². The molecule has 0 radical (unpaired) electrons. The Kier molecular flexibility index (Phi) is 3.74. The highest BCUT2D eigenvalue weighted by Gasteiger charge is 2.07. The summed E-state index contributed by atoms with van der Waals surface area (Å²) in [6.45, 7) is 2.13. The molecule has 0 spiro atoms. The molecule has 0 aliphatic rings. The van der Waals surface area contributed by atoms with Crippen LogP contribution in [0.4, 0.5) is 5.82 Å². The van der Waals surface area contributed by atoms with Gasteiger partial charge in [0, 0.05) is 29.4 Å². The molecular formula is C16H15N3S. The Morgan fingerprint density at radius 2 is 1.90 bits per heavy atom. The molecule has 0 bridgehead atoms. The average Bonchev–Trinajstić information content (AvgIpc) is 3.03. The molecule has 3 aromatic rings. The van der Waals surface area contributed by atoms with Gasteiger partial charge in [-0.2, -0.15) is 0 Å². The van der Waals surface area contributed by atoms with Crippen molar-refractivity contribution in [1.29, 1.82) is 0 Å². The van der Waals surface area contributed by atoms with Crippen LogP contribution in [0.25, 0.3) is 10.6 Å². The first-order valence-corrected chi connectivity index (χ1v) is 7.38. The van der Waals surface area contributed by atoms with Crippen molar-refractivity contribution < 1.29 is 0 Å². The molecule has 0 aliphatic heterocycles. The van der Waals surface area contributed by atoms with Gasteiger partial charge in [0.1, 0.15) is 10.8 Å². The maximum Gasteiger partial charge on any atom is 0.127 e. The second kappa shape index (κ2) is 5.84. The van der Waals surface area contributed by atoms with Crippen LogP contribution in [-0.4, -0.2) is 9.97 Å². The second-order valence-corrected chi connectivity index (χ2v) is 5.44. The van der Waals surface area contributed by atoms with E-state index in [1.165, 1.54) is 5.56 Å². The number of thiazole rings is 1. The zero-order valence-corrected chi connectivity index (χ0v) is 12.0. The summed E-state index contributed by atoms with van der Waals surface area (Å²) in [4.78, 5) is 8.71. The van der Waals surface area contributed by atoms with Crippen LogP contribution >= 0.6 is 11.3 Å². The lowest BCUT2D eigenvalue weighted by molar-refractivity contribution is 0.875. The fraction of sp³-hybridized carbons (Fsp3) is 0.125. The molecule has 2 heterocycles. The first kappa shape index (κ1) is 12.8.